The Hall–Kier alpha value is -1.38. The molecule has 3 rings (SSSR count). The second kappa shape index (κ2) is 5.30. The van der Waals surface area contributed by atoms with Crippen LogP contribution >= 0.6 is 24.8 Å². The molecular formula is C13H11Cl2NO. The topological polar surface area (TPSA) is 29.4 Å². The van der Waals surface area contributed by atoms with Crippen LogP contribution in [0.25, 0.3) is 10.8 Å². The molecule has 0 fully saturated rings. The Morgan fingerprint density at radius 3 is 2.59 bits per heavy atom. The van der Waals surface area contributed by atoms with Crippen molar-refractivity contribution in [3.05, 3.63) is 42.0 Å². The van der Waals surface area contributed by atoms with Gasteiger partial charge in [0.15, 0.2) is 5.78 Å². The lowest BCUT2D eigenvalue weighted by atomic mass is 9.97. The van der Waals surface area contributed by atoms with E-state index in [1.165, 1.54) is 0 Å². The predicted octanol–water partition coefficient (Wildman–Crippen LogP) is 3.97. The summed E-state index contributed by atoms with van der Waals surface area (Å²) in [4.78, 5) is 16.1. The first-order valence-electron chi connectivity index (χ1n) is 4.94. The van der Waals surface area contributed by atoms with Gasteiger partial charge in [-0.2, -0.15) is 0 Å². The van der Waals surface area contributed by atoms with Crippen molar-refractivity contribution in [3.8, 4) is 0 Å². The standard InChI is InChI=1S/C13H9NO.2ClH/c15-12-7-8-14-11-6-5-9-3-1-2-4-10(9)13(11)12;;/h1-6,8H,7H2;2*1H. The lowest BCUT2D eigenvalue weighted by molar-refractivity contribution is 0.100. The molecule has 0 aromatic heterocycles. The zero-order valence-corrected chi connectivity index (χ0v) is 10.6. The number of aliphatic imine (C=N–C) groups is 1. The molecule has 0 atom stereocenters. The Morgan fingerprint density at radius 2 is 1.76 bits per heavy atom. The minimum absolute atomic E-state index is 0. The van der Waals surface area contributed by atoms with Crippen LogP contribution in [0, 0.1) is 0 Å². The van der Waals surface area contributed by atoms with E-state index < -0.39 is 0 Å². The van der Waals surface area contributed by atoms with E-state index in [9.17, 15) is 4.79 Å². The molecule has 0 bridgehead atoms. The summed E-state index contributed by atoms with van der Waals surface area (Å²) in [6.07, 6.45) is 2.10. The van der Waals surface area contributed by atoms with E-state index in [-0.39, 0.29) is 30.6 Å². The van der Waals surface area contributed by atoms with Crippen LogP contribution < -0.4 is 0 Å². The van der Waals surface area contributed by atoms with Crippen molar-refractivity contribution >= 4 is 53.3 Å². The fourth-order valence-corrected chi connectivity index (χ4v) is 1.99. The molecule has 0 spiro atoms. The number of ketones is 1. The van der Waals surface area contributed by atoms with Crippen molar-refractivity contribution in [2.45, 2.75) is 6.42 Å². The minimum atomic E-state index is 0. The zero-order chi connectivity index (χ0) is 10.3. The molecule has 0 unspecified atom stereocenters. The third kappa shape index (κ3) is 2.19. The van der Waals surface area contributed by atoms with Gasteiger partial charge < -0.3 is 0 Å². The van der Waals surface area contributed by atoms with Crippen LogP contribution in [0.4, 0.5) is 5.69 Å². The molecule has 88 valence electrons. The Morgan fingerprint density at radius 1 is 1.00 bits per heavy atom. The van der Waals surface area contributed by atoms with E-state index in [0.717, 1.165) is 22.0 Å². The number of Topliss-reactive ketones (excluding diaryl/α,β-unsaturated/α-hetero) is 1. The smallest absolute Gasteiger partial charge is 0.170 e. The Labute approximate surface area is 112 Å². The molecule has 0 amide bonds. The molecule has 1 aliphatic rings. The lowest BCUT2D eigenvalue weighted by Crippen LogP contribution is -2.05. The molecule has 1 aliphatic heterocycles. The number of hydrogen-bond acceptors (Lipinski definition) is 2. The fraction of sp³-hybridized carbons (Fsp3) is 0.0769. The molecule has 0 radical (unpaired) electrons. The van der Waals surface area contributed by atoms with E-state index in [2.05, 4.69) is 4.99 Å². The van der Waals surface area contributed by atoms with E-state index in [1.807, 2.05) is 36.4 Å². The van der Waals surface area contributed by atoms with Gasteiger partial charge in [-0.1, -0.05) is 30.3 Å². The van der Waals surface area contributed by atoms with E-state index >= 15 is 0 Å². The van der Waals surface area contributed by atoms with Crippen LogP contribution in [0.1, 0.15) is 16.8 Å². The van der Waals surface area contributed by atoms with Crippen LogP contribution in [-0.2, 0) is 0 Å². The van der Waals surface area contributed by atoms with Crippen molar-refractivity contribution in [1.29, 1.82) is 0 Å². The molecule has 0 saturated carbocycles. The van der Waals surface area contributed by atoms with Gasteiger partial charge >= 0.3 is 0 Å². The number of fused-ring (bicyclic) bond motifs is 3. The maximum absolute atomic E-state index is 11.8. The number of nitrogens with zero attached hydrogens (tertiary/aromatic N) is 1. The van der Waals surface area contributed by atoms with Gasteiger partial charge in [0.05, 0.1) is 11.3 Å². The molecule has 17 heavy (non-hydrogen) atoms. The van der Waals surface area contributed by atoms with Crippen molar-refractivity contribution in [3.63, 3.8) is 0 Å². The van der Waals surface area contributed by atoms with Gasteiger partial charge in [0.2, 0.25) is 0 Å². The van der Waals surface area contributed by atoms with Crippen LogP contribution in [-0.4, -0.2) is 12.0 Å². The predicted molar refractivity (Wildman–Crippen MR) is 75.5 cm³/mol. The van der Waals surface area contributed by atoms with Crippen LogP contribution in [0.3, 0.4) is 0 Å². The first-order chi connectivity index (χ1) is 7.36. The number of hydrogen-bond donors (Lipinski definition) is 0. The molecule has 2 aromatic rings. The molecule has 0 saturated heterocycles. The fourth-order valence-electron chi connectivity index (χ4n) is 1.99. The first kappa shape index (κ1) is 13.7. The highest BCUT2D eigenvalue weighted by Gasteiger charge is 2.16. The van der Waals surface area contributed by atoms with Gasteiger partial charge in [0.1, 0.15) is 0 Å². The number of carbonyl (C=O) groups is 1. The normalized spacial score (nSPS) is 12.6. The lowest BCUT2D eigenvalue weighted by Gasteiger charge is -2.11. The summed E-state index contributed by atoms with van der Waals surface area (Å²) in [5.41, 5.74) is 1.57. The molecular weight excluding hydrogens is 257 g/mol. The highest BCUT2D eigenvalue weighted by molar-refractivity contribution is 6.17. The van der Waals surface area contributed by atoms with E-state index in [4.69, 9.17) is 0 Å². The summed E-state index contributed by atoms with van der Waals surface area (Å²) in [7, 11) is 0. The SMILES string of the molecule is Cl.Cl.O=C1CC=Nc2ccc3ccccc3c21. The molecule has 2 nitrogen and oxygen atoms in total. The van der Waals surface area contributed by atoms with Gasteiger partial charge in [0, 0.05) is 12.6 Å². The Balaban J connectivity index is 0.000000722. The van der Waals surface area contributed by atoms with Crippen molar-refractivity contribution in [2.24, 2.45) is 4.99 Å². The third-order valence-electron chi connectivity index (χ3n) is 2.69. The summed E-state index contributed by atoms with van der Waals surface area (Å²) in [5.74, 6) is 0.164. The summed E-state index contributed by atoms with van der Waals surface area (Å²) in [6.45, 7) is 0. The number of halogens is 2. The van der Waals surface area contributed by atoms with Crippen molar-refractivity contribution in [2.75, 3.05) is 0 Å². The number of benzene rings is 2. The summed E-state index contributed by atoms with van der Waals surface area (Å²) in [5, 5.41) is 2.11. The zero-order valence-electron chi connectivity index (χ0n) is 8.92. The van der Waals surface area contributed by atoms with Gasteiger partial charge in [0.25, 0.3) is 0 Å². The average molecular weight is 268 g/mol. The highest BCUT2D eigenvalue weighted by Crippen LogP contribution is 2.31. The van der Waals surface area contributed by atoms with Crippen LogP contribution in [0.5, 0.6) is 0 Å². The first-order valence-corrected chi connectivity index (χ1v) is 4.94. The van der Waals surface area contributed by atoms with Crippen molar-refractivity contribution < 1.29 is 4.79 Å². The average Bonchev–Trinajstić information content (AvgIpc) is 2.29. The molecule has 0 N–H and O–H groups in total. The Bertz CT molecular complexity index is 593. The van der Waals surface area contributed by atoms with Gasteiger partial charge in [-0.25, -0.2) is 0 Å². The second-order valence-electron chi connectivity index (χ2n) is 3.62. The Kier molecular flexibility index (Phi) is 4.27. The third-order valence-corrected chi connectivity index (χ3v) is 2.69. The van der Waals surface area contributed by atoms with E-state index in [0.29, 0.717) is 6.42 Å². The summed E-state index contributed by atoms with van der Waals surface area (Å²) >= 11 is 0. The van der Waals surface area contributed by atoms with Crippen LogP contribution in [0.15, 0.2) is 41.4 Å². The molecule has 2 aromatic carbocycles. The van der Waals surface area contributed by atoms with Gasteiger partial charge in [-0.05, 0) is 16.8 Å². The molecule has 0 aliphatic carbocycles. The quantitative estimate of drug-likeness (QED) is 0.710. The number of rotatable bonds is 0. The maximum Gasteiger partial charge on any atom is 0.170 e. The monoisotopic (exact) mass is 267 g/mol. The molecule has 1 heterocycles. The maximum atomic E-state index is 11.8. The number of carbonyl (C=O) groups excluding carboxylic acids is 1. The van der Waals surface area contributed by atoms with E-state index in [1.54, 1.807) is 6.21 Å². The largest absolute Gasteiger partial charge is 0.294 e. The van der Waals surface area contributed by atoms with Gasteiger partial charge in [-0.3, -0.25) is 9.79 Å². The van der Waals surface area contributed by atoms with Crippen molar-refractivity contribution in [1.82, 2.24) is 0 Å². The second-order valence-corrected chi connectivity index (χ2v) is 3.62. The van der Waals surface area contributed by atoms with Gasteiger partial charge in [-0.15, -0.1) is 24.8 Å². The summed E-state index contributed by atoms with van der Waals surface area (Å²) in [6, 6.07) is 11.8. The van der Waals surface area contributed by atoms with Crippen LogP contribution in [0.2, 0.25) is 0 Å². The minimum Gasteiger partial charge on any atom is -0.294 e. The summed E-state index contributed by atoms with van der Waals surface area (Å²) < 4.78 is 0. The highest BCUT2D eigenvalue weighted by atomic mass is 35.5. The molecule has 4 heteroatoms.